The molecule has 0 aromatic heterocycles. The fraction of sp³-hybridized carbons (Fsp3) is 0.412. The Hall–Kier alpha value is -2.41. The molecular formula is C17H18ClN3O4. The SMILES string of the molecule is COc1ccc(Cl)c(NC(=O)N=NC2=C(O)C3CCCCC3C2=O)c1. The zero-order valence-electron chi connectivity index (χ0n) is 13.7. The largest absolute Gasteiger partial charge is 0.510 e. The van der Waals surface area contributed by atoms with Crippen LogP contribution in [0.15, 0.2) is 39.9 Å². The minimum Gasteiger partial charge on any atom is -0.510 e. The van der Waals surface area contributed by atoms with Gasteiger partial charge in [-0.2, -0.15) is 0 Å². The van der Waals surface area contributed by atoms with Crippen molar-refractivity contribution in [3.8, 4) is 5.75 Å². The van der Waals surface area contributed by atoms with Crippen LogP contribution in [0.1, 0.15) is 25.7 Å². The highest BCUT2D eigenvalue weighted by Crippen LogP contribution is 2.42. The Morgan fingerprint density at radius 3 is 2.72 bits per heavy atom. The van der Waals surface area contributed by atoms with Gasteiger partial charge in [-0.3, -0.25) is 4.79 Å². The molecular weight excluding hydrogens is 346 g/mol. The monoisotopic (exact) mass is 363 g/mol. The third-order valence-corrected chi connectivity index (χ3v) is 4.92. The van der Waals surface area contributed by atoms with Crippen LogP contribution < -0.4 is 10.1 Å². The molecule has 0 heterocycles. The molecule has 1 fully saturated rings. The number of Topliss-reactive ketones (excluding diaryl/α,β-unsaturated/α-hetero) is 1. The third kappa shape index (κ3) is 3.51. The lowest BCUT2D eigenvalue weighted by Crippen LogP contribution is -2.21. The fourth-order valence-corrected chi connectivity index (χ4v) is 3.48. The number of hydrogen-bond acceptors (Lipinski definition) is 5. The van der Waals surface area contributed by atoms with Crippen molar-refractivity contribution >= 4 is 29.1 Å². The summed E-state index contributed by atoms with van der Waals surface area (Å²) >= 11 is 6.01. The number of amides is 2. The number of carbonyl (C=O) groups is 2. The number of fused-ring (bicyclic) bond motifs is 1. The number of ether oxygens (including phenoxy) is 1. The first kappa shape index (κ1) is 17.4. The van der Waals surface area contributed by atoms with E-state index in [9.17, 15) is 14.7 Å². The Kier molecular flexibility index (Phi) is 5.03. The van der Waals surface area contributed by atoms with Crippen LogP contribution in [-0.2, 0) is 4.79 Å². The molecule has 8 heteroatoms. The number of benzene rings is 1. The highest BCUT2D eigenvalue weighted by atomic mass is 35.5. The van der Waals surface area contributed by atoms with Crippen molar-refractivity contribution in [3.63, 3.8) is 0 Å². The quantitative estimate of drug-likeness (QED) is 0.772. The van der Waals surface area contributed by atoms with Gasteiger partial charge in [0.25, 0.3) is 0 Å². The lowest BCUT2D eigenvalue weighted by molar-refractivity contribution is -0.120. The van der Waals surface area contributed by atoms with Crippen LogP contribution >= 0.6 is 11.6 Å². The molecule has 0 aliphatic heterocycles. The number of azo groups is 1. The summed E-state index contributed by atoms with van der Waals surface area (Å²) in [5.41, 5.74) is 0.207. The van der Waals surface area contributed by atoms with Gasteiger partial charge in [-0.05, 0) is 25.0 Å². The molecule has 2 aliphatic rings. The zero-order valence-corrected chi connectivity index (χ0v) is 14.4. The number of nitrogens with zero attached hydrogens (tertiary/aromatic N) is 2. The molecule has 1 aromatic carbocycles. The molecule has 2 amide bonds. The molecule has 2 N–H and O–H groups in total. The topological polar surface area (TPSA) is 100 Å². The fourth-order valence-electron chi connectivity index (χ4n) is 3.31. The molecule has 2 aliphatic carbocycles. The Morgan fingerprint density at radius 2 is 2.04 bits per heavy atom. The van der Waals surface area contributed by atoms with Gasteiger partial charge in [-0.1, -0.05) is 29.6 Å². The number of halogens is 1. The maximum Gasteiger partial charge on any atom is 0.364 e. The molecule has 1 saturated carbocycles. The van der Waals surface area contributed by atoms with E-state index in [1.165, 1.54) is 7.11 Å². The minimum absolute atomic E-state index is 0.0503. The number of nitrogens with one attached hydrogen (secondary N) is 1. The summed E-state index contributed by atoms with van der Waals surface area (Å²) in [5, 5.41) is 20.2. The summed E-state index contributed by atoms with van der Waals surface area (Å²) < 4.78 is 5.07. The summed E-state index contributed by atoms with van der Waals surface area (Å²) in [7, 11) is 1.49. The summed E-state index contributed by atoms with van der Waals surface area (Å²) in [6.07, 6.45) is 3.42. The average molecular weight is 364 g/mol. The molecule has 1 aromatic rings. The third-order valence-electron chi connectivity index (χ3n) is 4.59. The van der Waals surface area contributed by atoms with Gasteiger partial charge in [-0.15, -0.1) is 5.11 Å². The van der Waals surface area contributed by atoms with Crippen molar-refractivity contribution in [2.24, 2.45) is 22.1 Å². The van der Waals surface area contributed by atoms with E-state index in [0.717, 1.165) is 25.7 Å². The predicted molar refractivity (Wildman–Crippen MR) is 92.0 cm³/mol. The first-order chi connectivity index (χ1) is 12.0. The van der Waals surface area contributed by atoms with Crippen LogP contribution in [0.3, 0.4) is 0 Å². The molecule has 3 rings (SSSR count). The summed E-state index contributed by atoms with van der Waals surface area (Å²) in [6, 6.07) is 3.98. The molecule has 25 heavy (non-hydrogen) atoms. The average Bonchev–Trinajstić information content (AvgIpc) is 2.86. The van der Waals surface area contributed by atoms with Crippen LogP contribution in [0, 0.1) is 11.8 Å². The van der Waals surface area contributed by atoms with E-state index >= 15 is 0 Å². The lowest BCUT2D eigenvalue weighted by atomic mass is 9.80. The summed E-state index contributed by atoms with van der Waals surface area (Å²) in [4.78, 5) is 24.3. The Morgan fingerprint density at radius 1 is 1.32 bits per heavy atom. The van der Waals surface area contributed by atoms with Crippen molar-refractivity contribution in [1.82, 2.24) is 0 Å². The van der Waals surface area contributed by atoms with Crippen LogP contribution in [0.4, 0.5) is 10.5 Å². The number of aliphatic hydroxyl groups is 1. The van der Waals surface area contributed by atoms with Gasteiger partial charge in [0.2, 0.25) is 0 Å². The number of anilines is 1. The summed E-state index contributed by atoms with van der Waals surface area (Å²) in [6.45, 7) is 0. The van der Waals surface area contributed by atoms with Gasteiger partial charge >= 0.3 is 6.03 Å². The number of methoxy groups -OCH3 is 1. The van der Waals surface area contributed by atoms with Crippen molar-refractivity contribution in [3.05, 3.63) is 34.7 Å². The highest BCUT2D eigenvalue weighted by molar-refractivity contribution is 6.33. The Balaban J connectivity index is 1.72. The highest BCUT2D eigenvalue weighted by Gasteiger charge is 2.43. The molecule has 2 unspecified atom stereocenters. The number of carbonyl (C=O) groups excluding carboxylic acids is 2. The maximum absolute atomic E-state index is 12.3. The molecule has 0 radical (unpaired) electrons. The van der Waals surface area contributed by atoms with Crippen LogP contribution in [0.25, 0.3) is 0 Å². The number of hydrogen-bond donors (Lipinski definition) is 2. The van der Waals surface area contributed by atoms with Gasteiger partial charge in [0.1, 0.15) is 11.5 Å². The van der Waals surface area contributed by atoms with Gasteiger partial charge in [0.15, 0.2) is 11.5 Å². The van der Waals surface area contributed by atoms with E-state index in [4.69, 9.17) is 16.3 Å². The molecule has 0 bridgehead atoms. The summed E-state index contributed by atoms with van der Waals surface area (Å²) in [5.74, 6) is -0.194. The van der Waals surface area contributed by atoms with Crippen molar-refractivity contribution in [1.29, 1.82) is 0 Å². The van der Waals surface area contributed by atoms with Gasteiger partial charge in [0, 0.05) is 17.9 Å². The molecule has 132 valence electrons. The standard InChI is InChI=1S/C17H18ClN3O4/c1-25-9-6-7-12(18)13(8-9)19-17(24)21-20-14-15(22)10-4-2-3-5-11(10)16(14)23/h6-8,10-11,22H,2-5H2,1H3,(H,19,24). The number of rotatable bonds is 3. The van der Waals surface area contributed by atoms with E-state index in [2.05, 4.69) is 15.5 Å². The second-order valence-corrected chi connectivity index (χ2v) is 6.48. The Bertz CT molecular complexity index is 775. The first-order valence-electron chi connectivity index (χ1n) is 8.05. The first-order valence-corrected chi connectivity index (χ1v) is 8.42. The van der Waals surface area contributed by atoms with Gasteiger partial charge in [-0.25, -0.2) is 4.79 Å². The lowest BCUT2D eigenvalue weighted by Gasteiger charge is -2.23. The van der Waals surface area contributed by atoms with E-state index in [1.54, 1.807) is 18.2 Å². The predicted octanol–water partition coefficient (Wildman–Crippen LogP) is 4.49. The van der Waals surface area contributed by atoms with E-state index in [-0.39, 0.29) is 29.1 Å². The number of urea groups is 1. The second kappa shape index (κ2) is 7.23. The molecule has 7 nitrogen and oxygen atoms in total. The second-order valence-electron chi connectivity index (χ2n) is 6.07. The zero-order chi connectivity index (χ0) is 18.0. The number of aliphatic hydroxyl groups excluding tert-OH is 1. The maximum atomic E-state index is 12.3. The van der Waals surface area contributed by atoms with Crippen LogP contribution in [-0.4, -0.2) is 24.0 Å². The number of allylic oxidation sites excluding steroid dienone is 2. The molecule has 2 atom stereocenters. The number of ketones is 1. The van der Waals surface area contributed by atoms with Crippen molar-refractivity contribution in [2.45, 2.75) is 25.7 Å². The van der Waals surface area contributed by atoms with Gasteiger partial charge in [0.05, 0.1) is 17.8 Å². The van der Waals surface area contributed by atoms with Crippen LogP contribution in [0.2, 0.25) is 5.02 Å². The van der Waals surface area contributed by atoms with E-state index < -0.39 is 6.03 Å². The van der Waals surface area contributed by atoms with Crippen molar-refractivity contribution in [2.75, 3.05) is 12.4 Å². The van der Waals surface area contributed by atoms with Crippen LogP contribution in [0.5, 0.6) is 5.75 Å². The van der Waals surface area contributed by atoms with E-state index in [1.807, 2.05) is 0 Å². The molecule has 0 spiro atoms. The smallest absolute Gasteiger partial charge is 0.364 e. The minimum atomic E-state index is -0.793. The van der Waals surface area contributed by atoms with Gasteiger partial charge < -0.3 is 15.2 Å². The van der Waals surface area contributed by atoms with Crippen molar-refractivity contribution < 1.29 is 19.4 Å². The normalized spacial score (nSPS) is 23.0. The van der Waals surface area contributed by atoms with E-state index in [0.29, 0.717) is 16.5 Å². The Labute approximate surface area is 149 Å². The molecule has 0 saturated heterocycles.